The molecule has 1 aromatic carbocycles. The number of hydrogen-bond acceptors (Lipinski definition) is 3. The lowest BCUT2D eigenvalue weighted by Gasteiger charge is -2.26. The first-order valence-electron chi connectivity index (χ1n) is 6.83. The maximum Gasteiger partial charge on any atom is 0.120 e. The molecule has 1 fully saturated rings. The molecule has 0 amide bonds. The molecule has 1 N–H and O–H groups in total. The van der Waals surface area contributed by atoms with Gasteiger partial charge in [-0.1, -0.05) is 0 Å². The minimum absolute atomic E-state index is 0.919. The van der Waals surface area contributed by atoms with Gasteiger partial charge in [0.1, 0.15) is 5.75 Å². The minimum atomic E-state index is 0.919. The van der Waals surface area contributed by atoms with Crippen LogP contribution in [-0.2, 0) is 13.6 Å². The van der Waals surface area contributed by atoms with Crippen molar-refractivity contribution in [1.29, 1.82) is 0 Å². The van der Waals surface area contributed by atoms with Crippen molar-refractivity contribution in [3.63, 3.8) is 0 Å². The highest BCUT2D eigenvalue weighted by atomic mass is 16.5. The normalized spacial score (nSPS) is 16.9. The highest BCUT2D eigenvalue weighted by Crippen LogP contribution is 2.26. The molecule has 0 saturated carbocycles. The van der Waals surface area contributed by atoms with Crippen LogP contribution in [0, 0.1) is 0 Å². The van der Waals surface area contributed by atoms with E-state index in [0.717, 1.165) is 38.5 Å². The Morgan fingerprint density at radius 3 is 2.79 bits per heavy atom. The maximum absolute atomic E-state index is 5.30. The summed E-state index contributed by atoms with van der Waals surface area (Å²) in [6.45, 7) is 5.49. The third-order valence-corrected chi connectivity index (χ3v) is 3.88. The van der Waals surface area contributed by atoms with Crippen molar-refractivity contribution in [3.05, 3.63) is 30.0 Å². The van der Waals surface area contributed by atoms with Crippen LogP contribution < -0.4 is 10.1 Å². The molecule has 1 aliphatic rings. The second-order valence-electron chi connectivity index (χ2n) is 5.17. The molecule has 0 radical (unpaired) electrons. The molecule has 2 aromatic rings. The molecule has 19 heavy (non-hydrogen) atoms. The number of methoxy groups -OCH3 is 1. The third-order valence-electron chi connectivity index (χ3n) is 3.88. The van der Waals surface area contributed by atoms with Crippen LogP contribution in [0.3, 0.4) is 0 Å². The molecule has 3 rings (SSSR count). The molecule has 0 bridgehead atoms. The Labute approximate surface area is 114 Å². The van der Waals surface area contributed by atoms with Crippen LogP contribution in [0.25, 0.3) is 10.9 Å². The summed E-state index contributed by atoms with van der Waals surface area (Å²) in [5, 5.41) is 4.73. The van der Waals surface area contributed by atoms with Gasteiger partial charge in [0.2, 0.25) is 0 Å². The Balaban J connectivity index is 1.90. The summed E-state index contributed by atoms with van der Waals surface area (Å²) in [6.07, 6.45) is 2.24. The van der Waals surface area contributed by atoms with Crippen molar-refractivity contribution in [2.24, 2.45) is 7.05 Å². The van der Waals surface area contributed by atoms with Crippen LogP contribution in [0.2, 0.25) is 0 Å². The smallest absolute Gasteiger partial charge is 0.120 e. The number of nitrogens with one attached hydrogen (secondary N) is 1. The van der Waals surface area contributed by atoms with E-state index in [-0.39, 0.29) is 0 Å². The number of aromatic nitrogens is 1. The van der Waals surface area contributed by atoms with E-state index in [2.05, 4.69) is 40.2 Å². The van der Waals surface area contributed by atoms with Crippen molar-refractivity contribution in [2.45, 2.75) is 6.54 Å². The first-order valence-corrected chi connectivity index (χ1v) is 6.83. The van der Waals surface area contributed by atoms with Crippen molar-refractivity contribution in [1.82, 2.24) is 14.8 Å². The number of rotatable bonds is 3. The molecule has 0 atom stereocenters. The molecule has 1 aliphatic heterocycles. The van der Waals surface area contributed by atoms with E-state index in [1.807, 2.05) is 6.07 Å². The van der Waals surface area contributed by atoms with E-state index in [9.17, 15) is 0 Å². The summed E-state index contributed by atoms with van der Waals surface area (Å²) in [5.41, 5.74) is 2.64. The summed E-state index contributed by atoms with van der Waals surface area (Å²) < 4.78 is 7.49. The lowest BCUT2D eigenvalue weighted by atomic mass is 10.1. The van der Waals surface area contributed by atoms with E-state index < -0.39 is 0 Å². The molecular weight excluding hydrogens is 238 g/mol. The highest BCUT2D eigenvalue weighted by molar-refractivity contribution is 5.85. The van der Waals surface area contributed by atoms with E-state index >= 15 is 0 Å². The molecule has 2 heterocycles. The fourth-order valence-electron chi connectivity index (χ4n) is 2.81. The molecule has 102 valence electrons. The van der Waals surface area contributed by atoms with Crippen molar-refractivity contribution >= 4 is 10.9 Å². The predicted molar refractivity (Wildman–Crippen MR) is 77.6 cm³/mol. The largest absolute Gasteiger partial charge is 0.497 e. The summed E-state index contributed by atoms with van der Waals surface area (Å²) >= 11 is 0. The van der Waals surface area contributed by atoms with E-state index in [0.29, 0.717) is 0 Å². The first kappa shape index (κ1) is 12.5. The SMILES string of the molecule is COc1ccc2c(CN3CCNCC3)cn(C)c2c1. The summed E-state index contributed by atoms with van der Waals surface area (Å²) in [5.74, 6) is 0.919. The molecule has 0 aliphatic carbocycles. The van der Waals surface area contributed by atoms with Gasteiger partial charge in [-0.2, -0.15) is 0 Å². The number of piperazine rings is 1. The second-order valence-corrected chi connectivity index (χ2v) is 5.17. The fraction of sp³-hybridized carbons (Fsp3) is 0.467. The molecular formula is C15H21N3O. The minimum Gasteiger partial charge on any atom is -0.497 e. The molecule has 4 heteroatoms. The molecule has 0 spiro atoms. The maximum atomic E-state index is 5.30. The Kier molecular flexibility index (Phi) is 3.44. The van der Waals surface area contributed by atoms with Crippen molar-refractivity contribution in [2.75, 3.05) is 33.3 Å². The monoisotopic (exact) mass is 259 g/mol. The predicted octanol–water partition coefficient (Wildman–Crippen LogP) is 1.59. The Morgan fingerprint density at radius 1 is 1.26 bits per heavy atom. The molecule has 1 saturated heterocycles. The van der Waals surface area contributed by atoms with Gasteiger partial charge in [0.25, 0.3) is 0 Å². The quantitative estimate of drug-likeness (QED) is 0.908. The van der Waals surface area contributed by atoms with Gasteiger partial charge < -0.3 is 14.6 Å². The van der Waals surface area contributed by atoms with Crippen LogP contribution in [0.4, 0.5) is 0 Å². The lowest BCUT2D eigenvalue weighted by molar-refractivity contribution is 0.234. The number of benzene rings is 1. The van der Waals surface area contributed by atoms with Gasteiger partial charge in [0.15, 0.2) is 0 Å². The summed E-state index contributed by atoms with van der Waals surface area (Å²) in [4.78, 5) is 2.51. The zero-order chi connectivity index (χ0) is 13.2. The number of ether oxygens (including phenoxy) is 1. The van der Waals surface area contributed by atoms with Gasteiger partial charge in [-0.15, -0.1) is 0 Å². The van der Waals surface area contributed by atoms with E-state index in [4.69, 9.17) is 4.74 Å². The highest BCUT2D eigenvalue weighted by Gasteiger charge is 2.13. The number of nitrogens with zero attached hydrogens (tertiary/aromatic N) is 2. The number of hydrogen-bond donors (Lipinski definition) is 1. The zero-order valence-electron chi connectivity index (χ0n) is 11.6. The van der Waals surface area contributed by atoms with Crippen LogP contribution in [0.1, 0.15) is 5.56 Å². The average molecular weight is 259 g/mol. The summed E-state index contributed by atoms with van der Waals surface area (Å²) in [7, 11) is 3.81. The third kappa shape index (κ3) is 2.46. The number of aryl methyl sites for hydroxylation is 1. The van der Waals surface area contributed by atoms with E-state index in [1.165, 1.54) is 16.5 Å². The molecule has 4 nitrogen and oxygen atoms in total. The van der Waals surface area contributed by atoms with Gasteiger partial charge in [-0.05, 0) is 17.7 Å². The van der Waals surface area contributed by atoms with Gasteiger partial charge in [-0.25, -0.2) is 0 Å². The Morgan fingerprint density at radius 2 is 2.05 bits per heavy atom. The fourth-order valence-corrected chi connectivity index (χ4v) is 2.81. The average Bonchev–Trinajstić information content (AvgIpc) is 2.76. The van der Waals surface area contributed by atoms with E-state index in [1.54, 1.807) is 7.11 Å². The van der Waals surface area contributed by atoms with Crippen LogP contribution in [0.15, 0.2) is 24.4 Å². The molecule has 1 aromatic heterocycles. The Hall–Kier alpha value is -1.52. The van der Waals surface area contributed by atoms with Gasteiger partial charge in [-0.3, -0.25) is 4.90 Å². The number of fused-ring (bicyclic) bond motifs is 1. The van der Waals surface area contributed by atoms with Gasteiger partial charge in [0.05, 0.1) is 12.6 Å². The van der Waals surface area contributed by atoms with Crippen molar-refractivity contribution < 1.29 is 4.74 Å². The Bertz CT molecular complexity index is 570. The zero-order valence-corrected chi connectivity index (χ0v) is 11.6. The van der Waals surface area contributed by atoms with Crippen LogP contribution >= 0.6 is 0 Å². The topological polar surface area (TPSA) is 29.4 Å². The lowest BCUT2D eigenvalue weighted by Crippen LogP contribution is -2.42. The van der Waals surface area contributed by atoms with Crippen molar-refractivity contribution in [3.8, 4) is 5.75 Å². The summed E-state index contributed by atoms with van der Waals surface area (Å²) in [6, 6.07) is 6.33. The first-order chi connectivity index (χ1) is 9.28. The molecule has 0 unspecified atom stereocenters. The standard InChI is InChI=1S/C15H21N3O/c1-17-10-12(11-18-7-5-16-6-8-18)14-4-3-13(19-2)9-15(14)17/h3-4,9-10,16H,5-8,11H2,1-2H3. The van der Waals surface area contributed by atoms with Gasteiger partial charge in [0, 0.05) is 57.4 Å². The van der Waals surface area contributed by atoms with Gasteiger partial charge >= 0.3 is 0 Å². The van der Waals surface area contributed by atoms with Crippen LogP contribution in [0.5, 0.6) is 5.75 Å². The second kappa shape index (κ2) is 5.23. The van der Waals surface area contributed by atoms with Crippen LogP contribution in [-0.4, -0.2) is 42.8 Å².